The Labute approximate surface area is 180 Å². The number of allylic oxidation sites excluding steroid dienone is 2. The molecule has 1 heterocycles. The Kier molecular flexibility index (Phi) is 4.09. The molecule has 0 spiro atoms. The predicted octanol–water partition coefficient (Wildman–Crippen LogP) is 1.24. The van der Waals surface area contributed by atoms with Crippen LogP contribution in [0.5, 0.6) is 5.75 Å². The van der Waals surface area contributed by atoms with E-state index in [2.05, 4.69) is 4.98 Å². The third-order valence-electron chi connectivity index (χ3n) is 6.61. The van der Waals surface area contributed by atoms with Gasteiger partial charge in [-0.1, -0.05) is 0 Å². The second-order valence-corrected chi connectivity index (χ2v) is 8.23. The van der Waals surface area contributed by atoms with E-state index < -0.39 is 52.0 Å². The topological polar surface area (TPSA) is 184 Å². The predicted molar refractivity (Wildman–Crippen MR) is 106 cm³/mol. The van der Waals surface area contributed by atoms with E-state index in [-0.39, 0.29) is 42.0 Å². The molecule has 1 amide bonds. The largest absolute Gasteiger partial charge is 0.511 e. The number of Topliss-reactive ketones (excluding diaryl/α,β-unsaturated/α-hetero) is 2. The average molecular weight is 438 g/mol. The summed E-state index contributed by atoms with van der Waals surface area (Å²) in [6.07, 6.45) is 2.78. The number of hydrogen-bond acceptors (Lipinski definition) is 9. The molecule has 3 aliphatic rings. The van der Waals surface area contributed by atoms with Crippen LogP contribution >= 0.6 is 0 Å². The lowest BCUT2D eigenvalue weighted by molar-refractivity contribution is -0.144. The molecule has 5 rings (SSSR count). The van der Waals surface area contributed by atoms with Crippen molar-refractivity contribution in [3.8, 4) is 17.2 Å². The molecule has 10 nitrogen and oxygen atoms in total. The van der Waals surface area contributed by atoms with Crippen molar-refractivity contribution in [3.05, 3.63) is 58.4 Å². The summed E-state index contributed by atoms with van der Waals surface area (Å²) in [5.41, 5.74) is 2.46. The first-order valence-electron chi connectivity index (χ1n) is 9.88. The van der Waals surface area contributed by atoms with Gasteiger partial charge in [-0.05, 0) is 36.5 Å². The third-order valence-corrected chi connectivity index (χ3v) is 6.61. The Balaban J connectivity index is 1.70. The number of hydrogen-bond donors (Lipinski definition) is 5. The van der Waals surface area contributed by atoms with E-state index in [1.54, 1.807) is 6.07 Å². The zero-order chi connectivity index (χ0) is 22.9. The van der Waals surface area contributed by atoms with Crippen molar-refractivity contribution in [2.75, 3.05) is 0 Å². The number of primary amides is 1. The van der Waals surface area contributed by atoms with Gasteiger partial charge < -0.3 is 30.6 Å². The van der Waals surface area contributed by atoms with Crippen molar-refractivity contribution in [3.63, 3.8) is 0 Å². The first kappa shape index (κ1) is 20.0. The van der Waals surface area contributed by atoms with E-state index in [1.807, 2.05) is 0 Å². The van der Waals surface area contributed by atoms with Gasteiger partial charge in [-0.3, -0.25) is 14.4 Å². The minimum Gasteiger partial charge on any atom is -0.511 e. The molecule has 10 heteroatoms. The van der Waals surface area contributed by atoms with Gasteiger partial charge in [-0.15, -0.1) is 0 Å². The Morgan fingerprint density at radius 1 is 1.19 bits per heavy atom. The number of aliphatic hydroxyl groups is 3. The number of rotatable bonds is 2. The minimum atomic E-state index is -2.58. The van der Waals surface area contributed by atoms with Crippen LogP contribution in [0.2, 0.25) is 0 Å². The van der Waals surface area contributed by atoms with Crippen LogP contribution in [0.25, 0.3) is 11.5 Å². The second kappa shape index (κ2) is 6.54. The number of phenolic OH excluding ortho intramolecular Hbond substituents is 1. The summed E-state index contributed by atoms with van der Waals surface area (Å²) in [6, 6.07) is 2.87. The van der Waals surface area contributed by atoms with Gasteiger partial charge in [-0.2, -0.15) is 0 Å². The Hall–Kier alpha value is -3.92. The molecule has 0 fully saturated rings. The molecule has 0 bridgehead atoms. The van der Waals surface area contributed by atoms with Gasteiger partial charge in [0.25, 0.3) is 5.91 Å². The number of benzene rings is 1. The molecule has 3 atom stereocenters. The normalized spacial score (nSPS) is 27.2. The quantitative estimate of drug-likeness (QED) is 0.430. The number of oxazole rings is 1. The Morgan fingerprint density at radius 2 is 1.94 bits per heavy atom. The summed E-state index contributed by atoms with van der Waals surface area (Å²) in [6.45, 7) is 0. The number of amides is 1. The SMILES string of the molecule is NC(=O)C1=C(O)C[C@@H]2C[C@@H]3Cc4c(-c5ncco5)ccc(O)c4C(=O)C3=C(O)[C@]2(O)C1=O. The van der Waals surface area contributed by atoms with Crippen molar-refractivity contribution >= 4 is 17.5 Å². The molecule has 1 aromatic carbocycles. The first-order chi connectivity index (χ1) is 15.2. The summed E-state index contributed by atoms with van der Waals surface area (Å²) < 4.78 is 5.35. The number of aliphatic hydroxyl groups excluding tert-OH is 2. The molecule has 0 saturated heterocycles. The molecule has 1 aromatic heterocycles. The van der Waals surface area contributed by atoms with E-state index in [0.717, 1.165) is 0 Å². The van der Waals surface area contributed by atoms with E-state index in [9.17, 15) is 34.8 Å². The van der Waals surface area contributed by atoms with Gasteiger partial charge in [0.05, 0.1) is 11.8 Å². The van der Waals surface area contributed by atoms with Gasteiger partial charge in [0, 0.05) is 23.5 Å². The molecular weight excluding hydrogens is 420 g/mol. The summed E-state index contributed by atoms with van der Waals surface area (Å²) in [5, 5.41) is 42.8. The maximum atomic E-state index is 13.4. The first-order valence-corrected chi connectivity index (χ1v) is 9.88. The number of ketones is 2. The zero-order valence-corrected chi connectivity index (χ0v) is 16.5. The van der Waals surface area contributed by atoms with Crippen LogP contribution in [-0.4, -0.2) is 48.5 Å². The van der Waals surface area contributed by atoms with E-state index in [4.69, 9.17) is 10.2 Å². The van der Waals surface area contributed by atoms with Crippen molar-refractivity contribution in [2.45, 2.75) is 24.9 Å². The lowest BCUT2D eigenvalue weighted by Gasteiger charge is -2.45. The molecular formula is C22H18N2O8. The highest BCUT2D eigenvalue weighted by Crippen LogP contribution is 2.52. The summed E-state index contributed by atoms with van der Waals surface area (Å²) in [4.78, 5) is 42.1. The average Bonchev–Trinajstić information content (AvgIpc) is 3.25. The zero-order valence-electron chi connectivity index (χ0n) is 16.5. The molecule has 32 heavy (non-hydrogen) atoms. The smallest absolute Gasteiger partial charge is 0.255 e. The van der Waals surface area contributed by atoms with Crippen LogP contribution in [0, 0.1) is 11.8 Å². The molecule has 2 aromatic rings. The summed E-state index contributed by atoms with van der Waals surface area (Å²) in [7, 11) is 0. The molecule has 6 N–H and O–H groups in total. The molecule has 164 valence electrons. The van der Waals surface area contributed by atoms with Crippen LogP contribution in [0.15, 0.2) is 51.7 Å². The molecule has 0 unspecified atom stereocenters. The fourth-order valence-electron chi connectivity index (χ4n) is 5.18. The van der Waals surface area contributed by atoms with Crippen LogP contribution in [0.4, 0.5) is 0 Å². The molecule has 0 radical (unpaired) electrons. The van der Waals surface area contributed by atoms with Gasteiger partial charge in [0.2, 0.25) is 11.7 Å². The fraction of sp³-hybridized carbons (Fsp3) is 0.273. The number of aromatic nitrogens is 1. The van der Waals surface area contributed by atoms with E-state index in [1.165, 1.54) is 18.5 Å². The van der Waals surface area contributed by atoms with E-state index >= 15 is 0 Å². The maximum absolute atomic E-state index is 13.4. The van der Waals surface area contributed by atoms with Gasteiger partial charge >= 0.3 is 0 Å². The molecule has 3 aliphatic carbocycles. The van der Waals surface area contributed by atoms with Gasteiger partial charge in [0.15, 0.2) is 11.4 Å². The van der Waals surface area contributed by atoms with Crippen molar-refractivity contribution in [2.24, 2.45) is 17.6 Å². The standard InChI is InChI=1S/C22H18N2O8/c23-20(30)16-13(26)7-9-5-8-6-11-10(21-24-3-4-32-21)1-2-12(25)15(11)17(27)14(8)18(28)22(9,31)19(16)29/h1-4,8-9,25-26,28,31H,5-7H2,(H2,23,30)/t8-,9+,22+/m1/s1. The summed E-state index contributed by atoms with van der Waals surface area (Å²) in [5.74, 6) is -6.38. The number of nitrogens with two attached hydrogens (primary N) is 1. The second-order valence-electron chi connectivity index (χ2n) is 8.23. The van der Waals surface area contributed by atoms with Crippen LogP contribution in [-0.2, 0) is 16.0 Å². The molecule has 0 aliphatic heterocycles. The highest BCUT2D eigenvalue weighted by Gasteiger charge is 2.59. The summed E-state index contributed by atoms with van der Waals surface area (Å²) >= 11 is 0. The lowest BCUT2D eigenvalue weighted by Crippen LogP contribution is -2.57. The van der Waals surface area contributed by atoms with Crippen LogP contribution < -0.4 is 5.73 Å². The number of carbonyl (C=O) groups is 3. The highest BCUT2D eigenvalue weighted by atomic mass is 16.4. The minimum absolute atomic E-state index is 0.0591. The van der Waals surface area contributed by atoms with Crippen LogP contribution in [0.3, 0.4) is 0 Å². The highest BCUT2D eigenvalue weighted by molar-refractivity contribution is 6.24. The Morgan fingerprint density at radius 3 is 2.59 bits per heavy atom. The monoisotopic (exact) mass is 438 g/mol. The van der Waals surface area contributed by atoms with Crippen molar-refractivity contribution < 1.29 is 39.2 Å². The van der Waals surface area contributed by atoms with Crippen molar-refractivity contribution in [1.82, 2.24) is 4.98 Å². The maximum Gasteiger partial charge on any atom is 0.255 e. The fourth-order valence-corrected chi connectivity index (χ4v) is 5.18. The number of phenols is 1. The number of fused-ring (bicyclic) bond motifs is 3. The molecule has 0 saturated carbocycles. The van der Waals surface area contributed by atoms with E-state index in [0.29, 0.717) is 11.1 Å². The van der Waals surface area contributed by atoms with Gasteiger partial charge in [-0.25, -0.2) is 4.98 Å². The number of nitrogens with zero attached hydrogens (tertiary/aromatic N) is 1. The number of carbonyl (C=O) groups excluding carboxylic acids is 3. The van der Waals surface area contributed by atoms with Gasteiger partial charge in [0.1, 0.15) is 29.1 Å². The lowest BCUT2D eigenvalue weighted by atomic mass is 9.60. The third kappa shape index (κ3) is 2.43. The van der Waals surface area contributed by atoms with Crippen LogP contribution in [0.1, 0.15) is 28.8 Å². The Bertz CT molecular complexity index is 1270. The van der Waals surface area contributed by atoms with Crippen molar-refractivity contribution in [1.29, 1.82) is 0 Å². The number of aromatic hydroxyl groups is 1.